The summed E-state index contributed by atoms with van der Waals surface area (Å²) in [5.74, 6) is 0.657. The number of hydrogen-bond donors (Lipinski definition) is 0. The average Bonchev–Trinajstić information content (AvgIpc) is 3.10. The summed E-state index contributed by atoms with van der Waals surface area (Å²) in [5, 5.41) is 0. The van der Waals surface area contributed by atoms with Crippen LogP contribution in [0.2, 0.25) is 0 Å². The molecule has 1 aromatic rings. The normalized spacial score (nSPS) is 32.0. The van der Waals surface area contributed by atoms with E-state index in [1.54, 1.807) is 11.3 Å². The van der Waals surface area contributed by atoms with Gasteiger partial charge in [-0.25, -0.2) is 0 Å². The zero-order valence-electron chi connectivity index (χ0n) is 13.4. The highest BCUT2D eigenvalue weighted by Gasteiger charge is 2.61. The lowest BCUT2D eigenvalue weighted by Crippen LogP contribution is -2.66. The molecule has 1 aromatic heterocycles. The van der Waals surface area contributed by atoms with Gasteiger partial charge in [-0.3, -0.25) is 4.79 Å². The summed E-state index contributed by atoms with van der Waals surface area (Å²) in [6.07, 6.45) is 2.33. The van der Waals surface area contributed by atoms with Gasteiger partial charge in [-0.05, 0) is 18.1 Å². The molecule has 1 amide bonds. The number of fused-ring (bicyclic) bond motifs is 2. The van der Waals surface area contributed by atoms with E-state index in [9.17, 15) is 4.79 Å². The van der Waals surface area contributed by atoms with E-state index in [0.717, 1.165) is 30.9 Å². The second-order valence-electron chi connectivity index (χ2n) is 7.29. The van der Waals surface area contributed by atoms with Gasteiger partial charge in [0, 0.05) is 42.3 Å². The summed E-state index contributed by atoms with van der Waals surface area (Å²) >= 11 is 1.65. The molecule has 120 valence electrons. The molecule has 2 fully saturated rings. The minimum atomic E-state index is 0.0472. The lowest BCUT2D eigenvalue weighted by atomic mass is 9.57. The van der Waals surface area contributed by atoms with E-state index in [1.807, 2.05) is 18.0 Å². The third-order valence-corrected chi connectivity index (χ3v) is 6.84. The van der Waals surface area contributed by atoms with Gasteiger partial charge in [-0.1, -0.05) is 13.8 Å². The Kier molecular flexibility index (Phi) is 3.36. The number of thiophene rings is 1. The molecule has 3 aliphatic rings. The van der Waals surface area contributed by atoms with Crippen LogP contribution < -0.4 is 0 Å². The third kappa shape index (κ3) is 1.99. The maximum absolute atomic E-state index is 12.9. The van der Waals surface area contributed by atoms with E-state index in [4.69, 9.17) is 9.47 Å². The fourth-order valence-corrected chi connectivity index (χ4v) is 5.77. The Hall–Kier alpha value is -0.910. The van der Waals surface area contributed by atoms with Crippen molar-refractivity contribution in [1.29, 1.82) is 0 Å². The van der Waals surface area contributed by atoms with Crippen LogP contribution in [0.3, 0.4) is 0 Å². The van der Waals surface area contributed by atoms with E-state index < -0.39 is 0 Å². The Bertz CT molecular complexity index is 586. The number of ether oxygens (including phenoxy) is 2. The predicted octanol–water partition coefficient (Wildman–Crippen LogP) is 2.71. The zero-order valence-corrected chi connectivity index (χ0v) is 14.2. The second kappa shape index (κ2) is 5.05. The van der Waals surface area contributed by atoms with Crippen molar-refractivity contribution in [3.05, 3.63) is 21.4 Å². The second-order valence-corrected chi connectivity index (χ2v) is 8.42. The van der Waals surface area contributed by atoms with Crippen molar-refractivity contribution in [2.75, 3.05) is 20.3 Å². The number of amides is 1. The number of nitrogens with zero attached hydrogens (tertiary/aromatic N) is 1. The van der Waals surface area contributed by atoms with Crippen LogP contribution in [-0.4, -0.2) is 43.2 Å². The molecule has 0 aromatic carbocycles. The summed E-state index contributed by atoms with van der Waals surface area (Å²) in [4.78, 5) is 17.1. The van der Waals surface area contributed by atoms with Gasteiger partial charge in [-0.2, -0.15) is 0 Å². The minimum Gasteiger partial charge on any atom is -0.377 e. The Morgan fingerprint density at radius 2 is 2.23 bits per heavy atom. The van der Waals surface area contributed by atoms with Crippen molar-refractivity contribution in [1.82, 2.24) is 4.90 Å². The molecule has 0 radical (unpaired) electrons. The molecule has 2 aliphatic heterocycles. The smallest absolute Gasteiger partial charge is 0.263 e. The Labute approximate surface area is 135 Å². The summed E-state index contributed by atoms with van der Waals surface area (Å²) in [7, 11) is 1.96. The summed E-state index contributed by atoms with van der Waals surface area (Å²) in [6.45, 7) is 6.70. The van der Waals surface area contributed by atoms with Crippen LogP contribution >= 0.6 is 11.3 Å². The first-order valence-electron chi connectivity index (χ1n) is 8.08. The topological polar surface area (TPSA) is 38.8 Å². The van der Waals surface area contributed by atoms with Crippen LogP contribution in [-0.2, 0) is 22.5 Å². The van der Waals surface area contributed by atoms with Gasteiger partial charge < -0.3 is 14.4 Å². The van der Waals surface area contributed by atoms with Crippen LogP contribution in [0, 0.1) is 11.3 Å². The fourth-order valence-electron chi connectivity index (χ4n) is 4.64. The van der Waals surface area contributed by atoms with Crippen LogP contribution in [0.25, 0.3) is 0 Å². The Morgan fingerprint density at radius 1 is 1.41 bits per heavy atom. The quantitative estimate of drug-likeness (QED) is 0.841. The van der Waals surface area contributed by atoms with Crippen molar-refractivity contribution in [2.24, 2.45) is 11.3 Å². The van der Waals surface area contributed by atoms with Gasteiger partial charge in [0.1, 0.15) is 0 Å². The van der Waals surface area contributed by atoms with E-state index in [2.05, 4.69) is 13.8 Å². The molecule has 4 rings (SSSR count). The molecule has 1 aliphatic carbocycles. The summed E-state index contributed by atoms with van der Waals surface area (Å²) < 4.78 is 11.3. The minimum absolute atomic E-state index is 0.0472. The van der Waals surface area contributed by atoms with Crippen molar-refractivity contribution in [3.63, 3.8) is 0 Å². The maximum atomic E-state index is 12.9. The molecule has 0 unspecified atom stereocenters. The highest BCUT2D eigenvalue weighted by atomic mass is 32.1. The molecule has 0 bridgehead atoms. The average molecular weight is 321 g/mol. The van der Waals surface area contributed by atoms with Gasteiger partial charge in [-0.15, -0.1) is 11.3 Å². The van der Waals surface area contributed by atoms with Gasteiger partial charge in [0.25, 0.3) is 5.91 Å². The Morgan fingerprint density at radius 3 is 3.00 bits per heavy atom. The standard InChI is InChI=1S/C17H23NO3S/c1-17(2)14(11-4-7-21-15(11)17)18(3)16(19)13-8-10-9-20-6-5-12(10)22-13/h8,11,14-15H,4-7,9H2,1-3H3/t11-,14-,15+/m1/s1. The highest BCUT2D eigenvalue weighted by molar-refractivity contribution is 7.14. The molecule has 5 heteroatoms. The largest absolute Gasteiger partial charge is 0.377 e. The first kappa shape index (κ1) is 14.7. The molecule has 1 saturated carbocycles. The van der Waals surface area contributed by atoms with E-state index in [0.29, 0.717) is 18.6 Å². The van der Waals surface area contributed by atoms with E-state index in [1.165, 1.54) is 10.4 Å². The fraction of sp³-hybridized carbons (Fsp3) is 0.706. The molecule has 0 spiro atoms. The third-order valence-electron chi connectivity index (χ3n) is 5.61. The first-order valence-corrected chi connectivity index (χ1v) is 8.90. The number of carbonyl (C=O) groups excluding carboxylic acids is 1. The SMILES string of the molecule is CN(C(=O)c1cc2c(s1)CCOC2)[C@@H]1[C@H]2CCO[C@@H]2C1(C)C. The molecular formula is C17H23NO3S. The molecule has 0 N–H and O–H groups in total. The molecule has 1 saturated heterocycles. The molecule has 3 atom stereocenters. The Balaban J connectivity index is 1.56. The van der Waals surface area contributed by atoms with Gasteiger partial charge in [0.05, 0.1) is 24.2 Å². The predicted molar refractivity (Wildman–Crippen MR) is 85.2 cm³/mol. The van der Waals surface area contributed by atoms with Crippen molar-refractivity contribution < 1.29 is 14.3 Å². The van der Waals surface area contributed by atoms with Crippen LogP contribution in [0.4, 0.5) is 0 Å². The van der Waals surface area contributed by atoms with Crippen molar-refractivity contribution >= 4 is 17.2 Å². The van der Waals surface area contributed by atoms with E-state index >= 15 is 0 Å². The number of carbonyl (C=O) groups is 1. The molecule has 3 heterocycles. The van der Waals surface area contributed by atoms with Gasteiger partial charge in [0.2, 0.25) is 0 Å². The van der Waals surface area contributed by atoms with Crippen molar-refractivity contribution in [3.8, 4) is 0 Å². The zero-order chi connectivity index (χ0) is 15.5. The summed E-state index contributed by atoms with van der Waals surface area (Å²) in [6, 6.07) is 2.31. The summed E-state index contributed by atoms with van der Waals surface area (Å²) in [5.41, 5.74) is 1.24. The van der Waals surface area contributed by atoms with E-state index in [-0.39, 0.29) is 17.4 Å². The molecular weight excluding hydrogens is 298 g/mol. The van der Waals surface area contributed by atoms with Crippen LogP contribution in [0.5, 0.6) is 0 Å². The van der Waals surface area contributed by atoms with Crippen LogP contribution in [0.15, 0.2) is 6.07 Å². The lowest BCUT2D eigenvalue weighted by molar-refractivity contribution is -0.139. The maximum Gasteiger partial charge on any atom is 0.263 e. The highest BCUT2D eigenvalue weighted by Crippen LogP contribution is 2.54. The van der Waals surface area contributed by atoms with Gasteiger partial charge >= 0.3 is 0 Å². The van der Waals surface area contributed by atoms with Gasteiger partial charge in [0.15, 0.2) is 0 Å². The molecule has 4 nitrogen and oxygen atoms in total. The number of rotatable bonds is 2. The monoisotopic (exact) mass is 321 g/mol. The van der Waals surface area contributed by atoms with Crippen LogP contribution in [0.1, 0.15) is 40.4 Å². The van der Waals surface area contributed by atoms with Crippen molar-refractivity contribution in [2.45, 2.75) is 45.4 Å². The molecule has 22 heavy (non-hydrogen) atoms. The first-order chi connectivity index (χ1) is 10.5. The lowest BCUT2D eigenvalue weighted by Gasteiger charge is -2.57. The number of hydrogen-bond acceptors (Lipinski definition) is 4.